The van der Waals surface area contributed by atoms with E-state index in [4.69, 9.17) is 0 Å². The second kappa shape index (κ2) is 5.04. The van der Waals surface area contributed by atoms with Gasteiger partial charge in [0.1, 0.15) is 17.2 Å². The van der Waals surface area contributed by atoms with E-state index in [1.54, 1.807) is 18.3 Å². The van der Waals surface area contributed by atoms with Gasteiger partial charge in [-0.3, -0.25) is 0 Å². The maximum atomic E-state index is 13.3. The maximum Gasteiger partial charge on any atom is 0.160 e. The van der Waals surface area contributed by atoms with E-state index in [0.29, 0.717) is 6.54 Å². The summed E-state index contributed by atoms with van der Waals surface area (Å²) in [6, 6.07) is 10.5. The Kier molecular flexibility index (Phi) is 3.22. The summed E-state index contributed by atoms with van der Waals surface area (Å²) < 4.78 is 15.4. The molecule has 0 N–H and O–H groups in total. The molecule has 0 fully saturated rings. The zero-order valence-electron chi connectivity index (χ0n) is 11.5. The molecule has 3 aromatic rings. The number of nitrogens with zero attached hydrogens (tertiary/aromatic N) is 3. The number of imidazole rings is 1. The smallest absolute Gasteiger partial charge is 0.160 e. The van der Waals surface area contributed by atoms with Crippen LogP contribution in [0.2, 0.25) is 0 Å². The molecule has 2 heterocycles. The second-order valence-electron chi connectivity index (χ2n) is 5.19. The van der Waals surface area contributed by atoms with E-state index in [1.165, 1.54) is 6.07 Å². The fraction of sp³-hybridized carbons (Fsp3) is 0.250. The number of rotatable bonds is 3. The monoisotopic (exact) mass is 269 g/mol. The maximum absolute atomic E-state index is 13.3. The van der Waals surface area contributed by atoms with Crippen LogP contribution in [0.25, 0.3) is 11.2 Å². The molecule has 0 saturated heterocycles. The van der Waals surface area contributed by atoms with Gasteiger partial charge in [0.15, 0.2) is 5.65 Å². The fourth-order valence-electron chi connectivity index (χ4n) is 2.39. The van der Waals surface area contributed by atoms with E-state index < -0.39 is 0 Å². The predicted molar refractivity (Wildman–Crippen MR) is 77.1 cm³/mol. The van der Waals surface area contributed by atoms with Gasteiger partial charge in [0.2, 0.25) is 0 Å². The molecule has 0 aliphatic carbocycles. The third-order valence-electron chi connectivity index (χ3n) is 3.28. The third-order valence-corrected chi connectivity index (χ3v) is 3.28. The van der Waals surface area contributed by atoms with Gasteiger partial charge in [0.25, 0.3) is 0 Å². The fourth-order valence-corrected chi connectivity index (χ4v) is 2.39. The van der Waals surface area contributed by atoms with Gasteiger partial charge in [-0.05, 0) is 29.8 Å². The van der Waals surface area contributed by atoms with Gasteiger partial charge in [-0.1, -0.05) is 26.0 Å². The molecule has 102 valence electrons. The number of hydrogen-bond donors (Lipinski definition) is 0. The zero-order chi connectivity index (χ0) is 14.1. The van der Waals surface area contributed by atoms with Crippen molar-refractivity contribution in [1.82, 2.24) is 14.5 Å². The molecule has 0 saturated carbocycles. The van der Waals surface area contributed by atoms with Gasteiger partial charge in [-0.2, -0.15) is 0 Å². The quantitative estimate of drug-likeness (QED) is 0.725. The van der Waals surface area contributed by atoms with Crippen LogP contribution in [0.1, 0.15) is 31.2 Å². The van der Waals surface area contributed by atoms with E-state index in [0.717, 1.165) is 22.6 Å². The molecular weight excluding hydrogens is 253 g/mol. The van der Waals surface area contributed by atoms with Crippen LogP contribution in [0.4, 0.5) is 4.39 Å². The molecule has 0 radical (unpaired) electrons. The lowest BCUT2D eigenvalue weighted by molar-refractivity contribution is 0.621. The Morgan fingerprint density at radius 1 is 1.20 bits per heavy atom. The van der Waals surface area contributed by atoms with Gasteiger partial charge in [0.05, 0.1) is 6.54 Å². The summed E-state index contributed by atoms with van der Waals surface area (Å²) in [5, 5.41) is 0. The standard InChI is InChI=1S/C16H16FN3/c1-11(2)15-19-14-7-4-8-18-16(14)20(15)10-12-5-3-6-13(17)9-12/h3-9,11H,10H2,1-2H3. The van der Waals surface area contributed by atoms with Crippen LogP contribution in [0.15, 0.2) is 42.6 Å². The van der Waals surface area contributed by atoms with Crippen molar-refractivity contribution in [2.75, 3.05) is 0 Å². The summed E-state index contributed by atoms with van der Waals surface area (Å²) in [7, 11) is 0. The van der Waals surface area contributed by atoms with Gasteiger partial charge in [-0.25, -0.2) is 14.4 Å². The number of aromatic nitrogens is 3. The highest BCUT2D eigenvalue weighted by Crippen LogP contribution is 2.21. The molecule has 3 rings (SSSR count). The van der Waals surface area contributed by atoms with Crippen LogP contribution in [-0.2, 0) is 6.54 Å². The Bertz CT molecular complexity index is 746. The largest absolute Gasteiger partial charge is 0.308 e. The molecule has 3 nitrogen and oxygen atoms in total. The molecule has 1 aromatic carbocycles. The summed E-state index contributed by atoms with van der Waals surface area (Å²) in [6.45, 7) is 4.78. The molecule has 0 spiro atoms. The summed E-state index contributed by atoms with van der Waals surface area (Å²) in [5.41, 5.74) is 2.64. The second-order valence-corrected chi connectivity index (χ2v) is 5.19. The van der Waals surface area contributed by atoms with Gasteiger partial charge in [-0.15, -0.1) is 0 Å². The van der Waals surface area contributed by atoms with E-state index in [2.05, 4.69) is 28.4 Å². The first kappa shape index (κ1) is 12.8. The topological polar surface area (TPSA) is 30.7 Å². The first-order valence-corrected chi connectivity index (χ1v) is 6.71. The predicted octanol–water partition coefficient (Wildman–Crippen LogP) is 3.74. The first-order valence-electron chi connectivity index (χ1n) is 6.71. The van der Waals surface area contributed by atoms with Gasteiger partial charge < -0.3 is 4.57 Å². The highest BCUT2D eigenvalue weighted by atomic mass is 19.1. The number of benzene rings is 1. The minimum atomic E-state index is -0.217. The lowest BCUT2D eigenvalue weighted by Crippen LogP contribution is -2.07. The number of halogens is 1. The number of pyridine rings is 1. The molecule has 0 unspecified atom stereocenters. The normalized spacial score (nSPS) is 11.4. The van der Waals surface area contributed by atoms with Crippen molar-refractivity contribution in [3.63, 3.8) is 0 Å². The van der Waals surface area contributed by atoms with Gasteiger partial charge >= 0.3 is 0 Å². The van der Waals surface area contributed by atoms with Crippen LogP contribution in [0.5, 0.6) is 0 Å². The van der Waals surface area contributed by atoms with Gasteiger partial charge in [0, 0.05) is 12.1 Å². The highest BCUT2D eigenvalue weighted by molar-refractivity contribution is 5.71. The van der Waals surface area contributed by atoms with E-state index in [9.17, 15) is 4.39 Å². The van der Waals surface area contributed by atoms with Crippen LogP contribution < -0.4 is 0 Å². The summed E-state index contributed by atoms with van der Waals surface area (Å²) in [5.74, 6) is 1.05. The molecule has 0 atom stereocenters. The lowest BCUT2D eigenvalue weighted by atomic mass is 10.2. The average Bonchev–Trinajstić information content (AvgIpc) is 2.78. The summed E-state index contributed by atoms with van der Waals surface area (Å²) in [6.07, 6.45) is 1.76. The molecule has 20 heavy (non-hydrogen) atoms. The first-order chi connectivity index (χ1) is 9.65. The number of fused-ring (bicyclic) bond motifs is 1. The van der Waals surface area contributed by atoms with Crippen molar-refractivity contribution in [3.8, 4) is 0 Å². The van der Waals surface area contributed by atoms with Crippen LogP contribution in [-0.4, -0.2) is 14.5 Å². The van der Waals surface area contributed by atoms with Crippen molar-refractivity contribution >= 4 is 11.2 Å². The Morgan fingerprint density at radius 2 is 2.05 bits per heavy atom. The minimum absolute atomic E-state index is 0.217. The molecule has 2 aromatic heterocycles. The van der Waals surface area contributed by atoms with Crippen LogP contribution in [0.3, 0.4) is 0 Å². The molecule has 0 amide bonds. The molecule has 4 heteroatoms. The Labute approximate surface area is 117 Å². The molecule has 0 aliphatic heterocycles. The van der Waals surface area contributed by atoms with Crippen molar-refractivity contribution in [2.24, 2.45) is 0 Å². The Morgan fingerprint density at radius 3 is 2.80 bits per heavy atom. The highest BCUT2D eigenvalue weighted by Gasteiger charge is 2.14. The van der Waals surface area contributed by atoms with Crippen LogP contribution in [0, 0.1) is 5.82 Å². The number of hydrogen-bond acceptors (Lipinski definition) is 2. The third kappa shape index (κ3) is 2.29. The van der Waals surface area contributed by atoms with E-state index >= 15 is 0 Å². The summed E-state index contributed by atoms with van der Waals surface area (Å²) in [4.78, 5) is 9.05. The van der Waals surface area contributed by atoms with Crippen molar-refractivity contribution < 1.29 is 4.39 Å². The zero-order valence-corrected chi connectivity index (χ0v) is 11.5. The SMILES string of the molecule is CC(C)c1nc2cccnc2n1Cc1cccc(F)c1. The van der Waals surface area contributed by atoms with Crippen LogP contribution >= 0.6 is 0 Å². The average molecular weight is 269 g/mol. The van der Waals surface area contributed by atoms with Crippen molar-refractivity contribution in [1.29, 1.82) is 0 Å². The van der Waals surface area contributed by atoms with E-state index in [1.807, 2.05) is 18.2 Å². The minimum Gasteiger partial charge on any atom is -0.308 e. The Balaban J connectivity index is 2.11. The molecule has 0 bridgehead atoms. The van der Waals surface area contributed by atoms with Crippen molar-refractivity contribution in [3.05, 3.63) is 59.8 Å². The van der Waals surface area contributed by atoms with E-state index in [-0.39, 0.29) is 11.7 Å². The molecular formula is C16H16FN3. The van der Waals surface area contributed by atoms with Crippen molar-refractivity contribution in [2.45, 2.75) is 26.3 Å². The lowest BCUT2D eigenvalue weighted by Gasteiger charge is -2.11. The summed E-state index contributed by atoms with van der Waals surface area (Å²) >= 11 is 0. The molecule has 0 aliphatic rings. The Hall–Kier alpha value is -2.23.